The maximum Gasteiger partial charge on any atom is 0.433 e. The molecular weight excluding hydrogens is 371 g/mol. The highest BCUT2D eigenvalue weighted by molar-refractivity contribution is 5.94. The van der Waals surface area contributed by atoms with Gasteiger partial charge in [-0.1, -0.05) is 12.1 Å². The standard InChI is InChI=1S/C20H20F3N3O2/c21-20(22,23)17-5-2-6-18(25-17)26-10-13-7-8-16(15(13)11-26)24-19(28)12-3-1-4-14(27)9-12/h1-6,9,13,15-16,27H,7-8,10-11H2,(H,24,28)/t13-,15+,16+/m1/s1. The molecule has 0 unspecified atom stereocenters. The molecule has 2 N–H and O–H groups in total. The Hall–Kier alpha value is -2.77. The number of halogens is 3. The van der Waals surface area contributed by atoms with Crippen LogP contribution in [0.4, 0.5) is 19.0 Å². The average molecular weight is 391 g/mol. The number of rotatable bonds is 3. The number of carbonyl (C=O) groups is 1. The number of phenols is 1. The lowest BCUT2D eigenvalue weighted by Crippen LogP contribution is -2.39. The molecule has 1 aliphatic carbocycles. The second-order valence-electron chi connectivity index (χ2n) is 7.42. The summed E-state index contributed by atoms with van der Waals surface area (Å²) in [6, 6.07) is 10.0. The average Bonchev–Trinajstić information content (AvgIpc) is 3.23. The van der Waals surface area contributed by atoms with Gasteiger partial charge in [-0.05, 0) is 49.1 Å². The number of fused-ring (bicyclic) bond motifs is 1. The van der Waals surface area contributed by atoms with E-state index in [1.807, 2.05) is 4.90 Å². The number of hydrogen-bond donors (Lipinski definition) is 2. The summed E-state index contributed by atoms with van der Waals surface area (Å²) in [5.74, 6) is 0.572. The van der Waals surface area contributed by atoms with Crippen molar-refractivity contribution in [2.75, 3.05) is 18.0 Å². The molecule has 1 amide bonds. The van der Waals surface area contributed by atoms with Crippen LogP contribution in [0.25, 0.3) is 0 Å². The highest BCUT2D eigenvalue weighted by atomic mass is 19.4. The van der Waals surface area contributed by atoms with E-state index in [2.05, 4.69) is 10.3 Å². The van der Waals surface area contributed by atoms with Gasteiger partial charge in [-0.3, -0.25) is 4.79 Å². The van der Waals surface area contributed by atoms with Gasteiger partial charge in [0.1, 0.15) is 17.3 Å². The summed E-state index contributed by atoms with van der Waals surface area (Å²) in [7, 11) is 0. The van der Waals surface area contributed by atoms with E-state index >= 15 is 0 Å². The summed E-state index contributed by atoms with van der Waals surface area (Å²) >= 11 is 0. The third kappa shape index (κ3) is 3.63. The lowest BCUT2D eigenvalue weighted by Gasteiger charge is -2.23. The van der Waals surface area contributed by atoms with E-state index in [0.29, 0.717) is 30.4 Å². The van der Waals surface area contributed by atoms with E-state index in [1.165, 1.54) is 18.2 Å². The van der Waals surface area contributed by atoms with E-state index in [0.717, 1.165) is 18.9 Å². The Morgan fingerprint density at radius 3 is 2.68 bits per heavy atom. The maximum atomic E-state index is 12.9. The van der Waals surface area contributed by atoms with Gasteiger partial charge in [0.05, 0.1) is 0 Å². The summed E-state index contributed by atoms with van der Waals surface area (Å²) in [5, 5.41) is 12.6. The largest absolute Gasteiger partial charge is 0.508 e. The lowest BCUT2D eigenvalue weighted by molar-refractivity contribution is -0.141. The third-order valence-corrected chi connectivity index (χ3v) is 5.63. The molecule has 1 aliphatic heterocycles. The molecule has 1 saturated carbocycles. The van der Waals surface area contributed by atoms with Crippen molar-refractivity contribution in [3.05, 3.63) is 53.7 Å². The molecule has 2 heterocycles. The van der Waals surface area contributed by atoms with Crippen LogP contribution in [0.5, 0.6) is 5.75 Å². The van der Waals surface area contributed by atoms with Crippen LogP contribution < -0.4 is 10.2 Å². The minimum absolute atomic E-state index is 0.0274. The quantitative estimate of drug-likeness (QED) is 0.841. The molecule has 3 atom stereocenters. The van der Waals surface area contributed by atoms with E-state index in [4.69, 9.17) is 0 Å². The topological polar surface area (TPSA) is 65.5 Å². The predicted molar refractivity (Wildman–Crippen MR) is 97.0 cm³/mol. The number of amides is 1. The van der Waals surface area contributed by atoms with Gasteiger partial charge in [-0.25, -0.2) is 4.98 Å². The van der Waals surface area contributed by atoms with Gasteiger partial charge in [0.2, 0.25) is 0 Å². The van der Waals surface area contributed by atoms with Crippen LogP contribution in [0, 0.1) is 11.8 Å². The molecule has 148 valence electrons. The molecule has 0 radical (unpaired) electrons. The molecule has 4 rings (SSSR count). The maximum absolute atomic E-state index is 12.9. The zero-order valence-corrected chi connectivity index (χ0v) is 15.0. The molecule has 0 bridgehead atoms. The van der Waals surface area contributed by atoms with Crippen LogP contribution in [0.3, 0.4) is 0 Å². The fourth-order valence-electron chi connectivity index (χ4n) is 4.29. The number of nitrogens with zero attached hydrogens (tertiary/aromatic N) is 2. The van der Waals surface area contributed by atoms with Gasteiger partial charge >= 0.3 is 6.18 Å². The van der Waals surface area contributed by atoms with Crippen molar-refractivity contribution in [1.82, 2.24) is 10.3 Å². The molecule has 1 saturated heterocycles. The smallest absolute Gasteiger partial charge is 0.433 e. The molecule has 2 aromatic rings. The number of hydrogen-bond acceptors (Lipinski definition) is 4. The number of aromatic nitrogens is 1. The number of phenolic OH excluding ortho intramolecular Hbond substituents is 1. The van der Waals surface area contributed by atoms with Crippen molar-refractivity contribution in [3.8, 4) is 5.75 Å². The predicted octanol–water partition coefficient (Wildman–Crippen LogP) is 3.45. The van der Waals surface area contributed by atoms with Gasteiger partial charge in [-0.15, -0.1) is 0 Å². The third-order valence-electron chi connectivity index (χ3n) is 5.63. The van der Waals surface area contributed by atoms with Crippen molar-refractivity contribution in [3.63, 3.8) is 0 Å². The number of alkyl halides is 3. The van der Waals surface area contributed by atoms with Gasteiger partial charge in [0.25, 0.3) is 5.91 Å². The zero-order valence-electron chi connectivity index (χ0n) is 15.0. The Bertz CT molecular complexity index is 887. The normalized spacial score (nSPS) is 24.2. The summed E-state index contributed by atoms with van der Waals surface area (Å²) in [4.78, 5) is 18.1. The Kier molecular flexibility index (Phi) is 4.64. The van der Waals surface area contributed by atoms with E-state index in [9.17, 15) is 23.1 Å². The van der Waals surface area contributed by atoms with Crippen LogP contribution in [0.1, 0.15) is 28.9 Å². The monoisotopic (exact) mass is 391 g/mol. The minimum Gasteiger partial charge on any atom is -0.508 e. The zero-order chi connectivity index (χ0) is 19.9. The van der Waals surface area contributed by atoms with Crippen LogP contribution >= 0.6 is 0 Å². The second kappa shape index (κ2) is 7.00. The van der Waals surface area contributed by atoms with Crippen LogP contribution in [0.15, 0.2) is 42.5 Å². The van der Waals surface area contributed by atoms with Crippen molar-refractivity contribution in [1.29, 1.82) is 0 Å². The van der Waals surface area contributed by atoms with Crippen molar-refractivity contribution in [2.24, 2.45) is 11.8 Å². The Morgan fingerprint density at radius 2 is 1.93 bits per heavy atom. The first-order chi connectivity index (χ1) is 13.3. The minimum atomic E-state index is -4.47. The second-order valence-corrected chi connectivity index (χ2v) is 7.42. The molecule has 1 aromatic carbocycles. The van der Waals surface area contributed by atoms with Gasteiger partial charge < -0.3 is 15.3 Å². The van der Waals surface area contributed by atoms with Gasteiger partial charge in [0.15, 0.2) is 0 Å². The molecule has 0 spiro atoms. The lowest BCUT2D eigenvalue weighted by atomic mass is 9.97. The van der Waals surface area contributed by atoms with E-state index in [1.54, 1.807) is 18.2 Å². The Labute approximate surface area is 160 Å². The van der Waals surface area contributed by atoms with E-state index in [-0.39, 0.29) is 23.6 Å². The first-order valence-corrected chi connectivity index (χ1v) is 9.20. The fourth-order valence-corrected chi connectivity index (χ4v) is 4.29. The Balaban J connectivity index is 1.45. The molecule has 2 aliphatic rings. The van der Waals surface area contributed by atoms with Crippen molar-refractivity contribution in [2.45, 2.75) is 25.1 Å². The molecule has 28 heavy (non-hydrogen) atoms. The van der Waals surface area contributed by atoms with Crippen molar-refractivity contribution < 1.29 is 23.1 Å². The van der Waals surface area contributed by atoms with Crippen LogP contribution in [-0.4, -0.2) is 35.1 Å². The molecule has 2 fully saturated rings. The molecular formula is C20H20F3N3O2. The summed E-state index contributed by atoms with van der Waals surface area (Å²) < 4.78 is 38.8. The summed E-state index contributed by atoms with van der Waals surface area (Å²) in [6.45, 7) is 1.20. The van der Waals surface area contributed by atoms with Crippen LogP contribution in [-0.2, 0) is 6.18 Å². The molecule has 1 aromatic heterocycles. The van der Waals surface area contributed by atoms with E-state index < -0.39 is 11.9 Å². The van der Waals surface area contributed by atoms with Crippen molar-refractivity contribution >= 4 is 11.7 Å². The molecule has 5 nitrogen and oxygen atoms in total. The first kappa shape index (κ1) is 18.6. The number of nitrogens with one attached hydrogen (secondary N) is 1. The first-order valence-electron chi connectivity index (χ1n) is 9.20. The Morgan fingerprint density at radius 1 is 1.14 bits per heavy atom. The number of anilines is 1. The summed E-state index contributed by atoms with van der Waals surface area (Å²) in [5.41, 5.74) is -0.506. The summed E-state index contributed by atoms with van der Waals surface area (Å²) in [6.07, 6.45) is -2.72. The highest BCUT2D eigenvalue weighted by Gasteiger charge is 2.44. The number of pyridine rings is 1. The number of aromatic hydroxyl groups is 1. The van der Waals surface area contributed by atoms with Gasteiger partial charge in [-0.2, -0.15) is 13.2 Å². The number of carbonyl (C=O) groups excluding carboxylic acids is 1. The highest BCUT2D eigenvalue weighted by Crippen LogP contribution is 2.40. The fraction of sp³-hybridized carbons (Fsp3) is 0.400. The SMILES string of the molecule is O=C(N[C@H]1CC[C@@H]2CN(c3cccc(C(F)(F)F)n3)C[C@@H]21)c1cccc(O)c1. The molecule has 8 heteroatoms. The number of benzene rings is 1. The van der Waals surface area contributed by atoms with Crippen LogP contribution in [0.2, 0.25) is 0 Å². The van der Waals surface area contributed by atoms with Gasteiger partial charge in [0, 0.05) is 30.6 Å².